The number of hydrogen-bond acceptors (Lipinski definition) is 3. The maximum atomic E-state index is 12.6. The highest BCUT2D eigenvalue weighted by molar-refractivity contribution is 5.95. The van der Waals surface area contributed by atoms with E-state index in [1.54, 1.807) is 23.9 Å². The highest BCUT2D eigenvalue weighted by Gasteiger charge is 2.29. The molecule has 1 saturated heterocycles. The van der Waals surface area contributed by atoms with Gasteiger partial charge in [0, 0.05) is 52.5 Å². The molecule has 2 rings (SSSR count). The van der Waals surface area contributed by atoms with Crippen LogP contribution in [-0.4, -0.2) is 62.9 Å². The largest absolute Gasteiger partial charge is 0.378 e. The summed E-state index contributed by atoms with van der Waals surface area (Å²) >= 11 is 0. The maximum absolute atomic E-state index is 12.6. The van der Waals surface area contributed by atoms with Gasteiger partial charge in [0.2, 0.25) is 5.91 Å². The van der Waals surface area contributed by atoms with Crippen LogP contribution in [0.15, 0.2) is 24.3 Å². The fraction of sp³-hybridized carbons (Fsp3) is 0.529. The second-order valence-corrected chi connectivity index (χ2v) is 6.26. The first-order chi connectivity index (χ1) is 10.4. The molecule has 0 aliphatic carbocycles. The Bertz CT molecular complexity index is 537. The Labute approximate surface area is 132 Å². The van der Waals surface area contributed by atoms with E-state index in [1.807, 2.05) is 43.3 Å². The van der Waals surface area contributed by atoms with E-state index in [-0.39, 0.29) is 17.7 Å². The molecule has 22 heavy (non-hydrogen) atoms. The Hall–Kier alpha value is -2.04. The van der Waals surface area contributed by atoms with Gasteiger partial charge >= 0.3 is 0 Å². The molecule has 1 fully saturated rings. The Morgan fingerprint density at radius 2 is 1.73 bits per heavy atom. The first kappa shape index (κ1) is 16.3. The maximum Gasteiger partial charge on any atom is 0.253 e. The number of amides is 2. The molecule has 1 aliphatic rings. The zero-order valence-corrected chi connectivity index (χ0v) is 13.9. The molecule has 0 N–H and O–H groups in total. The van der Waals surface area contributed by atoms with Crippen molar-refractivity contribution in [2.75, 3.05) is 46.2 Å². The molecule has 1 aromatic rings. The fourth-order valence-electron chi connectivity index (χ4n) is 2.81. The van der Waals surface area contributed by atoms with E-state index in [9.17, 15) is 9.59 Å². The van der Waals surface area contributed by atoms with Crippen LogP contribution in [0.4, 0.5) is 5.69 Å². The zero-order valence-electron chi connectivity index (χ0n) is 13.9. The number of benzene rings is 1. The topological polar surface area (TPSA) is 43.9 Å². The van der Waals surface area contributed by atoms with Gasteiger partial charge in [-0.15, -0.1) is 0 Å². The van der Waals surface area contributed by atoms with E-state index in [0.29, 0.717) is 12.1 Å². The summed E-state index contributed by atoms with van der Waals surface area (Å²) in [5.41, 5.74) is 1.75. The Balaban J connectivity index is 2.07. The number of rotatable bonds is 3. The molecule has 5 heteroatoms. The Kier molecular flexibility index (Phi) is 5.06. The minimum absolute atomic E-state index is 0.0153. The van der Waals surface area contributed by atoms with Gasteiger partial charge in [0.15, 0.2) is 0 Å². The first-order valence-electron chi connectivity index (χ1n) is 7.68. The molecule has 5 nitrogen and oxygen atoms in total. The van der Waals surface area contributed by atoms with Crippen LogP contribution in [0.5, 0.6) is 0 Å². The van der Waals surface area contributed by atoms with Crippen molar-refractivity contribution in [1.82, 2.24) is 9.80 Å². The quantitative estimate of drug-likeness (QED) is 0.853. The number of carbonyl (C=O) groups is 2. The number of carbonyl (C=O) groups excluding carboxylic acids is 2. The van der Waals surface area contributed by atoms with Crippen molar-refractivity contribution in [3.63, 3.8) is 0 Å². The highest BCUT2D eigenvalue weighted by atomic mass is 16.2. The summed E-state index contributed by atoms with van der Waals surface area (Å²) in [7, 11) is 7.48. The van der Waals surface area contributed by atoms with Gasteiger partial charge in [-0.3, -0.25) is 9.59 Å². The van der Waals surface area contributed by atoms with Crippen LogP contribution in [-0.2, 0) is 4.79 Å². The van der Waals surface area contributed by atoms with Crippen molar-refractivity contribution in [2.45, 2.75) is 12.8 Å². The third-order valence-corrected chi connectivity index (χ3v) is 4.13. The molecule has 2 amide bonds. The van der Waals surface area contributed by atoms with Crippen LogP contribution in [0.2, 0.25) is 0 Å². The van der Waals surface area contributed by atoms with Crippen LogP contribution in [0.3, 0.4) is 0 Å². The number of nitrogens with zero attached hydrogens (tertiary/aromatic N) is 3. The van der Waals surface area contributed by atoms with Gasteiger partial charge in [-0.05, 0) is 37.1 Å². The van der Waals surface area contributed by atoms with E-state index in [2.05, 4.69) is 0 Å². The van der Waals surface area contributed by atoms with Crippen LogP contribution >= 0.6 is 0 Å². The second kappa shape index (κ2) is 6.81. The highest BCUT2D eigenvalue weighted by Crippen LogP contribution is 2.21. The van der Waals surface area contributed by atoms with Crippen LogP contribution < -0.4 is 4.90 Å². The zero-order chi connectivity index (χ0) is 16.3. The average molecular weight is 303 g/mol. The van der Waals surface area contributed by atoms with Gasteiger partial charge in [-0.2, -0.15) is 0 Å². The minimum Gasteiger partial charge on any atom is -0.378 e. The summed E-state index contributed by atoms with van der Waals surface area (Å²) in [6, 6.07) is 7.60. The Morgan fingerprint density at radius 1 is 1.09 bits per heavy atom. The molecule has 1 aliphatic heterocycles. The second-order valence-electron chi connectivity index (χ2n) is 6.26. The predicted molar refractivity (Wildman–Crippen MR) is 88.1 cm³/mol. The lowest BCUT2D eigenvalue weighted by molar-refractivity contribution is -0.134. The van der Waals surface area contributed by atoms with Gasteiger partial charge < -0.3 is 14.7 Å². The summed E-state index contributed by atoms with van der Waals surface area (Å²) in [5.74, 6) is 0.0516. The lowest BCUT2D eigenvalue weighted by Gasteiger charge is -2.33. The molecule has 0 spiro atoms. The number of anilines is 1. The molecule has 1 heterocycles. The van der Waals surface area contributed by atoms with Crippen molar-refractivity contribution >= 4 is 17.5 Å². The van der Waals surface area contributed by atoms with E-state index in [0.717, 1.165) is 25.1 Å². The van der Waals surface area contributed by atoms with Gasteiger partial charge in [-0.25, -0.2) is 0 Å². The molecule has 1 aromatic carbocycles. The standard InChI is InChI=1S/C17H25N3O2/c1-18(2)15-9-7-13(8-10-15)17(22)20-11-5-6-14(12-20)16(21)19(3)4/h7-10,14H,5-6,11-12H2,1-4H3. The lowest BCUT2D eigenvalue weighted by atomic mass is 9.96. The van der Waals surface area contributed by atoms with E-state index < -0.39 is 0 Å². The van der Waals surface area contributed by atoms with Gasteiger partial charge in [-0.1, -0.05) is 0 Å². The van der Waals surface area contributed by atoms with Crippen molar-refractivity contribution in [2.24, 2.45) is 5.92 Å². The normalized spacial score (nSPS) is 18.0. The van der Waals surface area contributed by atoms with Crippen molar-refractivity contribution in [3.05, 3.63) is 29.8 Å². The summed E-state index contributed by atoms with van der Waals surface area (Å²) in [6.45, 7) is 1.25. The number of piperidine rings is 1. The van der Waals surface area contributed by atoms with E-state index in [1.165, 1.54) is 0 Å². The average Bonchev–Trinajstić information content (AvgIpc) is 2.53. The number of likely N-dealkylation sites (tertiary alicyclic amines) is 1. The summed E-state index contributed by atoms with van der Waals surface area (Å²) in [4.78, 5) is 30.1. The Morgan fingerprint density at radius 3 is 2.27 bits per heavy atom. The fourth-order valence-corrected chi connectivity index (χ4v) is 2.81. The van der Waals surface area contributed by atoms with Gasteiger partial charge in [0.05, 0.1) is 5.92 Å². The third-order valence-electron chi connectivity index (χ3n) is 4.13. The molecule has 0 bridgehead atoms. The minimum atomic E-state index is -0.0752. The monoisotopic (exact) mass is 303 g/mol. The lowest BCUT2D eigenvalue weighted by Crippen LogP contribution is -2.45. The van der Waals surface area contributed by atoms with Crippen LogP contribution in [0.1, 0.15) is 23.2 Å². The van der Waals surface area contributed by atoms with Crippen molar-refractivity contribution < 1.29 is 9.59 Å². The van der Waals surface area contributed by atoms with Gasteiger partial charge in [0.1, 0.15) is 0 Å². The van der Waals surface area contributed by atoms with E-state index in [4.69, 9.17) is 0 Å². The first-order valence-corrected chi connectivity index (χ1v) is 7.68. The smallest absolute Gasteiger partial charge is 0.253 e. The van der Waals surface area contributed by atoms with Gasteiger partial charge in [0.25, 0.3) is 5.91 Å². The molecule has 1 atom stereocenters. The molecule has 1 unspecified atom stereocenters. The SMILES string of the molecule is CN(C)C(=O)C1CCCN(C(=O)c2ccc(N(C)C)cc2)C1. The summed E-state index contributed by atoms with van der Waals surface area (Å²) in [6.07, 6.45) is 1.74. The molecule has 0 radical (unpaired) electrons. The van der Waals surface area contributed by atoms with Crippen molar-refractivity contribution in [1.29, 1.82) is 0 Å². The van der Waals surface area contributed by atoms with E-state index >= 15 is 0 Å². The molecule has 0 aromatic heterocycles. The summed E-state index contributed by atoms with van der Waals surface area (Å²) in [5, 5.41) is 0. The van der Waals surface area contributed by atoms with Crippen LogP contribution in [0, 0.1) is 5.92 Å². The third kappa shape index (κ3) is 3.59. The summed E-state index contributed by atoms with van der Waals surface area (Å²) < 4.78 is 0. The predicted octanol–water partition coefficient (Wildman–Crippen LogP) is 1.69. The molecule has 0 saturated carbocycles. The van der Waals surface area contributed by atoms with Crippen LogP contribution in [0.25, 0.3) is 0 Å². The van der Waals surface area contributed by atoms with Crippen molar-refractivity contribution in [3.8, 4) is 0 Å². The molecular formula is C17H25N3O2. The number of hydrogen-bond donors (Lipinski definition) is 0. The molecular weight excluding hydrogens is 278 g/mol. The molecule has 120 valence electrons.